The molecule has 0 fully saturated rings. The molecule has 174 valence electrons. The van der Waals surface area contributed by atoms with Crippen LogP contribution in [0.2, 0.25) is 18.1 Å². The van der Waals surface area contributed by atoms with Crippen LogP contribution in [0.1, 0.15) is 26.3 Å². The normalized spacial score (nSPS) is 12.4. The molecule has 5 aromatic rings. The molecule has 0 radical (unpaired) electrons. The van der Waals surface area contributed by atoms with E-state index in [2.05, 4.69) is 62.2 Å². The standard InChI is InChI=1S/C28H28F2N2SSi/c1-4-34(5-2,6-3)24-16-20(15-19-9-7-8-10-21(19)24)26-28-27(32-17-31-26)22-12-11-18(14-25(29)30)13-23(22)33-28/h7-13,15-17,25H,4-6,14H2,1-3H3. The van der Waals surface area contributed by atoms with Crippen molar-refractivity contribution in [2.45, 2.75) is 51.7 Å². The van der Waals surface area contributed by atoms with Crippen molar-refractivity contribution >= 4 is 55.7 Å². The largest absolute Gasteiger partial charge is 0.242 e. The van der Waals surface area contributed by atoms with Crippen LogP contribution in [0.15, 0.2) is 60.9 Å². The highest BCUT2D eigenvalue weighted by molar-refractivity contribution is 7.26. The fourth-order valence-electron chi connectivity index (χ4n) is 5.34. The molecular weight excluding hydrogens is 462 g/mol. The van der Waals surface area contributed by atoms with Crippen molar-refractivity contribution in [1.29, 1.82) is 0 Å². The summed E-state index contributed by atoms with van der Waals surface area (Å²) in [6.45, 7) is 7.02. The van der Waals surface area contributed by atoms with Gasteiger partial charge in [-0.1, -0.05) is 86.6 Å². The third-order valence-corrected chi connectivity index (χ3v) is 14.2. The van der Waals surface area contributed by atoms with Crippen LogP contribution in [0.4, 0.5) is 8.78 Å². The van der Waals surface area contributed by atoms with Gasteiger partial charge < -0.3 is 0 Å². The SMILES string of the molecule is CC[Si](CC)(CC)c1cc(-c2ncnc3c2sc2cc(CC(F)F)ccc23)cc2ccccc12. The zero-order chi connectivity index (χ0) is 23.9. The lowest BCUT2D eigenvalue weighted by Gasteiger charge is -2.30. The molecule has 0 spiro atoms. The second-order valence-electron chi connectivity index (χ2n) is 9.01. The van der Waals surface area contributed by atoms with Crippen molar-refractivity contribution in [3.63, 3.8) is 0 Å². The molecule has 0 aliphatic rings. The van der Waals surface area contributed by atoms with Gasteiger partial charge in [0, 0.05) is 22.1 Å². The first-order chi connectivity index (χ1) is 16.5. The molecule has 2 aromatic heterocycles. The topological polar surface area (TPSA) is 25.8 Å². The number of nitrogens with zero attached hydrogens (tertiary/aromatic N) is 2. The molecule has 0 saturated heterocycles. The molecule has 3 aromatic carbocycles. The van der Waals surface area contributed by atoms with Gasteiger partial charge in [-0.3, -0.25) is 0 Å². The summed E-state index contributed by atoms with van der Waals surface area (Å²) < 4.78 is 27.9. The van der Waals surface area contributed by atoms with Gasteiger partial charge >= 0.3 is 0 Å². The smallest absolute Gasteiger partial charge is 0.235 e. The molecule has 0 atom stereocenters. The summed E-state index contributed by atoms with van der Waals surface area (Å²) in [5.74, 6) is 0. The third kappa shape index (κ3) is 3.83. The van der Waals surface area contributed by atoms with E-state index in [4.69, 9.17) is 4.98 Å². The number of hydrogen-bond donors (Lipinski definition) is 0. The summed E-state index contributed by atoms with van der Waals surface area (Å²) in [6.07, 6.45) is -0.942. The average molecular weight is 491 g/mol. The minimum absolute atomic E-state index is 0.228. The summed E-state index contributed by atoms with van der Waals surface area (Å²) in [6, 6.07) is 22.6. The van der Waals surface area contributed by atoms with E-state index in [9.17, 15) is 8.78 Å². The highest BCUT2D eigenvalue weighted by Crippen LogP contribution is 2.39. The highest BCUT2D eigenvalue weighted by atomic mass is 32.1. The lowest BCUT2D eigenvalue weighted by atomic mass is 10.0. The zero-order valence-electron chi connectivity index (χ0n) is 19.7. The first-order valence-corrected chi connectivity index (χ1v) is 15.4. The first-order valence-electron chi connectivity index (χ1n) is 12.0. The van der Waals surface area contributed by atoms with Crippen LogP contribution in [0.25, 0.3) is 42.3 Å². The van der Waals surface area contributed by atoms with Crippen molar-refractivity contribution in [3.8, 4) is 11.3 Å². The van der Waals surface area contributed by atoms with Crippen molar-refractivity contribution in [2.75, 3.05) is 0 Å². The molecule has 2 nitrogen and oxygen atoms in total. The van der Waals surface area contributed by atoms with E-state index < -0.39 is 14.5 Å². The molecule has 0 unspecified atom stereocenters. The maximum absolute atomic E-state index is 12.9. The lowest BCUT2D eigenvalue weighted by molar-refractivity contribution is 0.149. The number of benzene rings is 3. The molecule has 0 bridgehead atoms. The number of aromatic nitrogens is 2. The zero-order valence-corrected chi connectivity index (χ0v) is 21.6. The van der Waals surface area contributed by atoms with Gasteiger partial charge in [0.15, 0.2) is 0 Å². The van der Waals surface area contributed by atoms with Gasteiger partial charge in [0.2, 0.25) is 6.43 Å². The maximum atomic E-state index is 12.9. The molecule has 0 aliphatic heterocycles. The quantitative estimate of drug-likeness (QED) is 0.215. The molecule has 34 heavy (non-hydrogen) atoms. The predicted molar refractivity (Wildman–Crippen MR) is 144 cm³/mol. The van der Waals surface area contributed by atoms with Gasteiger partial charge in [-0.2, -0.15) is 0 Å². The number of halogens is 2. The fourth-order valence-corrected chi connectivity index (χ4v) is 10.5. The van der Waals surface area contributed by atoms with Crippen molar-refractivity contribution in [3.05, 3.63) is 66.5 Å². The van der Waals surface area contributed by atoms with Crippen LogP contribution in [0.5, 0.6) is 0 Å². The Morgan fingerprint density at radius 2 is 1.65 bits per heavy atom. The van der Waals surface area contributed by atoms with Crippen LogP contribution < -0.4 is 5.19 Å². The van der Waals surface area contributed by atoms with Crippen molar-refractivity contribution in [2.24, 2.45) is 0 Å². The van der Waals surface area contributed by atoms with Crippen LogP contribution >= 0.6 is 11.3 Å². The van der Waals surface area contributed by atoms with Gasteiger partial charge in [-0.25, -0.2) is 18.7 Å². The van der Waals surface area contributed by atoms with Gasteiger partial charge in [0.25, 0.3) is 0 Å². The minimum atomic E-state index is -2.35. The Balaban J connectivity index is 1.76. The molecule has 0 saturated carbocycles. The molecular formula is C28H28F2N2SSi. The van der Waals surface area contributed by atoms with Crippen LogP contribution in [-0.2, 0) is 6.42 Å². The number of hydrogen-bond acceptors (Lipinski definition) is 3. The summed E-state index contributed by atoms with van der Waals surface area (Å²) in [4.78, 5) is 9.33. The monoisotopic (exact) mass is 490 g/mol. The van der Waals surface area contributed by atoms with E-state index in [1.807, 2.05) is 12.1 Å². The Morgan fingerprint density at radius 1 is 0.882 bits per heavy atom. The molecule has 0 N–H and O–H groups in total. The summed E-state index contributed by atoms with van der Waals surface area (Å²) in [5, 5.41) is 5.12. The fraction of sp³-hybridized carbons (Fsp3) is 0.286. The average Bonchev–Trinajstić information content (AvgIpc) is 3.22. The van der Waals surface area contributed by atoms with Crippen molar-refractivity contribution < 1.29 is 8.78 Å². The number of thiophene rings is 1. The van der Waals surface area contributed by atoms with E-state index in [-0.39, 0.29) is 6.42 Å². The predicted octanol–water partition coefficient (Wildman–Crippen LogP) is 8.19. The van der Waals surface area contributed by atoms with Gasteiger partial charge in [0.1, 0.15) is 6.33 Å². The number of rotatable bonds is 7. The molecule has 5 rings (SSSR count). The molecule has 0 aliphatic carbocycles. The minimum Gasteiger partial charge on any atom is -0.235 e. The van der Waals surface area contributed by atoms with Crippen LogP contribution in [0.3, 0.4) is 0 Å². The van der Waals surface area contributed by atoms with E-state index in [0.29, 0.717) is 5.56 Å². The summed E-state index contributed by atoms with van der Waals surface area (Å²) >= 11 is 1.60. The second kappa shape index (κ2) is 9.15. The Kier molecular flexibility index (Phi) is 6.21. The number of alkyl halides is 2. The first kappa shape index (κ1) is 23.1. The summed E-state index contributed by atoms with van der Waals surface area (Å²) in [7, 11) is -1.66. The van der Waals surface area contributed by atoms with Crippen LogP contribution in [0, 0.1) is 0 Å². The highest BCUT2D eigenvalue weighted by Gasteiger charge is 2.31. The third-order valence-electron chi connectivity index (χ3n) is 7.44. The molecule has 2 heterocycles. The Hall–Kier alpha value is -2.70. The Labute approximate surface area is 203 Å². The maximum Gasteiger partial charge on any atom is 0.242 e. The van der Waals surface area contributed by atoms with Crippen LogP contribution in [-0.4, -0.2) is 24.5 Å². The molecule has 6 heteroatoms. The number of fused-ring (bicyclic) bond motifs is 4. The van der Waals surface area contributed by atoms with E-state index in [0.717, 1.165) is 31.6 Å². The lowest BCUT2D eigenvalue weighted by Crippen LogP contribution is -2.46. The van der Waals surface area contributed by atoms with Gasteiger partial charge in [-0.15, -0.1) is 11.3 Å². The summed E-state index contributed by atoms with van der Waals surface area (Å²) in [5.41, 5.74) is 3.60. The van der Waals surface area contributed by atoms with Gasteiger partial charge in [-0.05, 0) is 28.5 Å². The van der Waals surface area contributed by atoms with E-state index in [1.54, 1.807) is 23.7 Å². The second-order valence-corrected chi connectivity index (χ2v) is 15.3. The van der Waals surface area contributed by atoms with E-state index in [1.165, 1.54) is 34.1 Å². The Morgan fingerprint density at radius 3 is 2.38 bits per heavy atom. The van der Waals surface area contributed by atoms with Crippen molar-refractivity contribution in [1.82, 2.24) is 9.97 Å². The van der Waals surface area contributed by atoms with Gasteiger partial charge in [0.05, 0.1) is 24.0 Å². The Bertz CT molecular complexity index is 1480. The van der Waals surface area contributed by atoms with E-state index >= 15 is 0 Å². The molecule has 0 amide bonds.